The van der Waals surface area contributed by atoms with Gasteiger partial charge in [-0.05, 0) is 22.9 Å². The second kappa shape index (κ2) is 6.64. The molecule has 0 aromatic heterocycles. The van der Waals surface area contributed by atoms with E-state index >= 15 is 0 Å². The largest absolute Gasteiger partial charge is 0.501 e. The maximum atomic E-state index is 12.7. The molecule has 0 heterocycles. The van der Waals surface area contributed by atoms with Crippen LogP contribution >= 0.6 is 0 Å². The van der Waals surface area contributed by atoms with Crippen molar-refractivity contribution in [3.63, 3.8) is 0 Å². The molecule has 0 fully saturated rings. The molecule has 4 aromatic carbocycles. The fourth-order valence-electron chi connectivity index (χ4n) is 3.10. The molecule has 0 aliphatic carbocycles. The third-order valence-electron chi connectivity index (χ3n) is 4.51. The lowest BCUT2D eigenvalue weighted by Crippen LogP contribution is -2.19. The molecule has 0 aliphatic heterocycles. The molecule has 9 heteroatoms. The van der Waals surface area contributed by atoms with Gasteiger partial charge in [0, 0.05) is 10.8 Å². The monoisotopic (exact) mass is 410 g/mol. The van der Waals surface area contributed by atoms with E-state index in [1.807, 2.05) is 0 Å². The van der Waals surface area contributed by atoms with Gasteiger partial charge in [-0.25, -0.2) is 0 Å². The normalized spacial score (nSPS) is 11.6. The Morgan fingerprint density at radius 3 is 1.41 bits per heavy atom. The smallest absolute Gasteiger partial charge is 0.397 e. The van der Waals surface area contributed by atoms with Crippen LogP contribution in [0.3, 0.4) is 0 Å². The second-order valence-electron chi connectivity index (χ2n) is 6.43. The summed E-state index contributed by atoms with van der Waals surface area (Å²) in [5, 5.41) is 2.27. The molecule has 0 atom stereocenters. The molecule has 4 rings (SSSR count). The standard InChI is InChI=1S/C20H18N4O4S/c21-15-9-11-5-1-3-7-13(11)19(17(15)23)27-29(25,26)28-20-14-8-4-2-6-12(14)10-16(22)18(20)24/h1-10H,21-24H2. The molecule has 0 saturated carbocycles. The number of nitrogen functional groups attached to an aromatic ring is 4. The van der Waals surface area contributed by atoms with Crippen LogP contribution in [0.2, 0.25) is 0 Å². The van der Waals surface area contributed by atoms with E-state index in [2.05, 4.69) is 0 Å². The first-order valence-corrected chi connectivity index (χ1v) is 9.87. The number of anilines is 4. The Hall–Kier alpha value is -3.85. The molecule has 4 aromatic rings. The van der Waals surface area contributed by atoms with Crippen LogP contribution in [0.15, 0.2) is 60.7 Å². The van der Waals surface area contributed by atoms with Gasteiger partial charge in [0.15, 0.2) is 11.5 Å². The van der Waals surface area contributed by atoms with Gasteiger partial charge in [0.05, 0.1) is 11.4 Å². The average Bonchev–Trinajstić information content (AvgIpc) is 2.69. The highest BCUT2D eigenvalue weighted by atomic mass is 32.3. The van der Waals surface area contributed by atoms with Gasteiger partial charge in [0.1, 0.15) is 11.4 Å². The van der Waals surface area contributed by atoms with Crippen molar-refractivity contribution in [3.8, 4) is 11.5 Å². The van der Waals surface area contributed by atoms with Crippen LogP contribution in [0.4, 0.5) is 22.7 Å². The maximum absolute atomic E-state index is 12.7. The second-order valence-corrected chi connectivity index (χ2v) is 7.58. The number of fused-ring (bicyclic) bond motifs is 2. The van der Waals surface area contributed by atoms with Gasteiger partial charge in [-0.15, -0.1) is 8.42 Å². The Bertz CT molecular complexity index is 1270. The Labute approximate surface area is 166 Å². The molecule has 0 spiro atoms. The first kappa shape index (κ1) is 18.5. The van der Waals surface area contributed by atoms with Crippen molar-refractivity contribution in [2.24, 2.45) is 0 Å². The minimum atomic E-state index is -4.62. The van der Waals surface area contributed by atoms with Crippen molar-refractivity contribution in [2.75, 3.05) is 22.9 Å². The van der Waals surface area contributed by atoms with Crippen LogP contribution in [0.25, 0.3) is 21.5 Å². The van der Waals surface area contributed by atoms with Crippen LogP contribution < -0.4 is 31.3 Å². The van der Waals surface area contributed by atoms with Gasteiger partial charge in [-0.1, -0.05) is 48.5 Å². The summed E-state index contributed by atoms with van der Waals surface area (Å²) in [6.45, 7) is 0. The van der Waals surface area contributed by atoms with E-state index in [9.17, 15) is 8.42 Å². The summed E-state index contributed by atoms with van der Waals surface area (Å²) >= 11 is 0. The Morgan fingerprint density at radius 2 is 1.00 bits per heavy atom. The molecular weight excluding hydrogens is 392 g/mol. The summed E-state index contributed by atoms with van der Waals surface area (Å²) in [7, 11) is -4.62. The van der Waals surface area contributed by atoms with E-state index in [-0.39, 0.29) is 34.2 Å². The van der Waals surface area contributed by atoms with Crippen LogP contribution in [0.5, 0.6) is 11.5 Å². The highest BCUT2D eigenvalue weighted by Gasteiger charge is 2.24. The molecular formula is C20H18N4O4S. The molecule has 0 amide bonds. The molecule has 0 saturated heterocycles. The van der Waals surface area contributed by atoms with Crippen molar-refractivity contribution < 1.29 is 16.8 Å². The summed E-state index contributed by atoms with van der Waals surface area (Å²) in [6, 6.07) is 17.1. The van der Waals surface area contributed by atoms with E-state index in [0.717, 1.165) is 0 Å². The zero-order valence-electron chi connectivity index (χ0n) is 15.1. The molecule has 0 unspecified atom stereocenters. The van der Waals surface area contributed by atoms with E-state index in [1.54, 1.807) is 60.7 Å². The molecule has 29 heavy (non-hydrogen) atoms. The first-order valence-electron chi connectivity index (χ1n) is 8.54. The van der Waals surface area contributed by atoms with E-state index in [1.165, 1.54) is 0 Å². The van der Waals surface area contributed by atoms with Gasteiger partial charge in [-0.2, -0.15) is 0 Å². The zero-order chi connectivity index (χ0) is 20.8. The lowest BCUT2D eigenvalue weighted by molar-refractivity contribution is 0.397. The van der Waals surface area contributed by atoms with Crippen molar-refractivity contribution >= 4 is 54.7 Å². The van der Waals surface area contributed by atoms with Crippen molar-refractivity contribution in [1.82, 2.24) is 0 Å². The number of benzene rings is 4. The number of nitrogens with two attached hydrogens (primary N) is 4. The fourth-order valence-corrected chi connectivity index (χ4v) is 3.90. The lowest BCUT2D eigenvalue weighted by atomic mass is 10.1. The van der Waals surface area contributed by atoms with E-state index < -0.39 is 10.4 Å². The molecule has 8 nitrogen and oxygen atoms in total. The summed E-state index contributed by atoms with van der Waals surface area (Å²) in [4.78, 5) is 0. The number of hydrogen-bond donors (Lipinski definition) is 4. The van der Waals surface area contributed by atoms with Crippen LogP contribution in [0.1, 0.15) is 0 Å². The van der Waals surface area contributed by atoms with Crippen molar-refractivity contribution in [3.05, 3.63) is 60.7 Å². The van der Waals surface area contributed by atoms with E-state index in [0.29, 0.717) is 21.5 Å². The third kappa shape index (κ3) is 3.27. The fraction of sp³-hybridized carbons (Fsp3) is 0. The topological polar surface area (TPSA) is 157 Å². The SMILES string of the molecule is Nc1cc2ccccc2c(OS(=O)(=O)Oc2c(N)c(N)cc3ccccc23)c1N. The van der Waals surface area contributed by atoms with Gasteiger partial charge in [-0.3, -0.25) is 0 Å². The first-order chi connectivity index (χ1) is 13.8. The quantitative estimate of drug-likeness (QED) is 0.374. The minimum absolute atomic E-state index is 0.0127. The Morgan fingerprint density at radius 1 is 0.621 bits per heavy atom. The number of rotatable bonds is 4. The highest BCUT2D eigenvalue weighted by molar-refractivity contribution is 7.82. The van der Waals surface area contributed by atoms with Gasteiger partial charge < -0.3 is 31.3 Å². The summed E-state index contributed by atoms with van der Waals surface area (Å²) in [5.41, 5.74) is 24.1. The number of hydrogen-bond acceptors (Lipinski definition) is 8. The van der Waals surface area contributed by atoms with Gasteiger partial charge in [0.2, 0.25) is 0 Å². The maximum Gasteiger partial charge on any atom is 0.501 e. The van der Waals surface area contributed by atoms with Crippen LogP contribution in [-0.2, 0) is 10.4 Å². The van der Waals surface area contributed by atoms with Crippen LogP contribution in [0, 0.1) is 0 Å². The lowest BCUT2D eigenvalue weighted by Gasteiger charge is -2.16. The third-order valence-corrected chi connectivity index (χ3v) is 5.26. The van der Waals surface area contributed by atoms with E-state index in [4.69, 9.17) is 31.3 Å². The predicted octanol–water partition coefficient (Wildman–Crippen LogP) is 3.02. The summed E-state index contributed by atoms with van der Waals surface area (Å²) < 4.78 is 35.9. The minimum Gasteiger partial charge on any atom is -0.397 e. The molecule has 0 bridgehead atoms. The zero-order valence-corrected chi connectivity index (χ0v) is 15.9. The molecule has 0 aliphatic rings. The van der Waals surface area contributed by atoms with Gasteiger partial charge >= 0.3 is 10.4 Å². The average molecular weight is 410 g/mol. The van der Waals surface area contributed by atoms with Crippen molar-refractivity contribution in [2.45, 2.75) is 0 Å². The van der Waals surface area contributed by atoms with Crippen LogP contribution in [-0.4, -0.2) is 8.42 Å². The molecule has 0 radical (unpaired) electrons. The van der Waals surface area contributed by atoms with Gasteiger partial charge in [0.25, 0.3) is 0 Å². The Balaban J connectivity index is 1.81. The Kier molecular flexibility index (Phi) is 4.24. The summed E-state index contributed by atoms with van der Waals surface area (Å²) in [5.74, 6) is -0.236. The van der Waals surface area contributed by atoms with Crippen molar-refractivity contribution in [1.29, 1.82) is 0 Å². The molecule has 8 N–H and O–H groups in total. The molecule has 148 valence electrons. The predicted molar refractivity (Wildman–Crippen MR) is 116 cm³/mol. The summed E-state index contributed by atoms with van der Waals surface area (Å²) in [6.07, 6.45) is 0. The highest BCUT2D eigenvalue weighted by Crippen LogP contribution is 2.40.